The average Bonchev–Trinajstić information content (AvgIpc) is 2.91. The predicted molar refractivity (Wildman–Crippen MR) is 93.1 cm³/mol. The maximum atomic E-state index is 12.1. The lowest BCUT2D eigenvalue weighted by molar-refractivity contribution is -0.116. The molecule has 0 aliphatic rings. The van der Waals surface area contributed by atoms with Crippen LogP contribution in [0.3, 0.4) is 0 Å². The van der Waals surface area contributed by atoms with Gasteiger partial charge in [0, 0.05) is 24.6 Å². The Morgan fingerprint density at radius 3 is 2.56 bits per heavy atom. The summed E-state index contributed by atoms with van der Waals surface area (Å²) in [5.74, 6) is 0.250. The third-order valence-electron chi connectivity index (χ3n) is 3.38. The fourth-order valence-corrected chi connectivity index (χ4v) is 3.12. The molecule has 0 spiro atoms. The second-order valence-corrected chi connectivity index (χ2v) is 7.47. The van der Waals surface area contributed by atoms with E-state index in [1.165, 1.54) is 13.0 Å². The first-order valence-corrected chi connectivity index (χ1v) is 9.33. The van der Waals surface area contributed by atoms with Crippen molar-refractivity contribution in [1.82, 2.24) is 5.16 Å². The second-order valence-electron chi connectivity index (χ2n) is 5.56. The molecule has 0 bridgehead atoms. The van der Waals surface area contributed by atoms with Crippen molar-refractivity contribution in [2.45, 2.75) is 20.3 Å². The van der Waals surface area contributed by atoms with Gasteiger partial charge in [0.25, 0.3) is 0 Å². The van der Waals surface area contributed by atoms with Gasteiger partial charge in [-0.25, -0.2) is 8.42 Å². The molecule has 0 saturated carbocycles. The molecule has 1 N–H and O–H groups in total. The third kappa shape index (κ3) is 5.15. The smallest absolute Gasteiger partial charge is 0.232 e. The number of amides is 1. The van der Waals surface area contributed by atoms with Crippen molar-refractivity contribution in [1.29, 1.82) is 0 Å². The number of Topliss-reactive ketones (excluding diaryl/α,β-unsaturated/α-hetero) is 1. The minimum Gasteiger partial charge on any atom is -0.360 e. The quantitative estimate of drug-likeness (QED) is 0.751. The highest BCUT2D eigenvalue weighted by Crippen LogP contribution is 2.20. The van der Waals surface area contributed by atoms with E-state index in [2.05, 4.69) is 10.5 Å². The number of aryl methyl sites for hydroxylation is 1. The number of carbonyl (C=O) groups is 2. The van der Waals surface area contributed by atoms with E-state index < -0.39 is 15.9 Å². The molecule has 0 atom stereocenters. The first kappa shape index (κ1) is 18.7. The van der Waals surface area contributed by atoms with Crippen LogP contribution in [0.15, 0.2) is 34.9 Å². The van der Waals surface area contributed by atoms with Crippen molar-refractivity contribution in [3.05, 3.63) is 41.7 Å². The maximum Gasteiger partial charge on any atom is 0.232 e. The number of rotatable bonds is 7. The van der Waals surface area contributed by atoms with Crippen molar-refractivity contribution in [2.24, 2.45) is 0 Å². The largest absolute Gasteiger partial charge is 0.360 e. The molecular formula is C16H19N3O5S. The van der Waals surface area contributed by atoms with Crippen molar-refractivity contribution < 1.29 is 22.5 Å². The zero-order chi connectivity index (χ0) is 18.6. The molecule has 0 fully saturated rings. The molecule has 0 aliphatic heterocycles. The summed E-state index contributed by atoms with van der Waals surface area (Å²) in [6.07, 6.45) is 0.968. The number of hydrogen-bond acceptors (Lipinski definition) is 6. The topological polar surface area (TPSA) is 110 Å². The van der Waals surface area contributed by atoms with Crippen LogP contribution < -0.4 is 9.62 Å². The van der Waals surface area contributed by atoms with Crippen molar-refractivity contribution >= 4 is 33.2 Å². The van der Waals surface area contributed by atoms with Gasteiger partial charge >= 0.3 is 0 Å². The summed E-state index contributed by atoms with van der Waals surface area (Å²) < 4.78 is 30.1. The van der Waals surface area contributed by atoms with Crippen LogP contribution in [-0.2, 0) is 14.8 Å². The molecule has 9 heteroatoms. The summed E-state index contributed by atoms with van der Waals surface area (Å²) in [4.78, 5) is 23.5. The Labute approximate surface area is 145 Å². The van der Waals surface area contributed by atoms with Crippen molar-refractivity contribution in [3.8, 4) is 0 Å². The van der Waals surface area contributed by atoms with Crippen LogP contribution in [0.2, 0.25) is 0 Å². The lowest BCUT2D eigenvalue weighted by Crippen LogP contribution is -2.33. The van der Waals surface area contributed by atoms with Crippen LogP contribution >= 0.6 is 0 Å². The van der Waals surface area contributed by atoms with E-state index in [4.69, 9.17) is 4.52 Å². The molecular weight excluding hydrogens is 346 g/mol. The highest BCUT2D eigenvalue weighted by molar-refractivity contribution is 7.92. The molecule has 0 unspecified atom stereocenters. The van der Waals surface area contributed by atoms with Crippen LogP contribution in [0.4, 0.5) is 11.5 Å². The first-order valence-electron chi connectivity index (χ1n) is 7.48. The predicted octanol–water partition coefficient (Wildman–Crippen LogP) is 1.98. The van der Waals surface area contributed by atoms with Gasteiger partial charge in [-0.3, -0.25) is 13.9 Å². The summed E-state index contributed by atoms with van der Waals surface area (Å²) in [5, 5.41) is 6.18. The molecule has 0 radical (unpaired) electrons. The summed E-state index contributed by atoms with van der Waals surface area (Å²) in [7, 11) is -3.62. The minimum atomic E-state index is -3.62. The van der Waals surface area contributed by atoms with Gasteiger partial charge in [-0.15, -0.1) is 0 Å². The molecule has 1 amide bonds. The second kappa shape index (κ2) is 7.47. The lowest BCUT2D eigenvalue weighted by Gasteiger charge is -2.22. The SMILES string of the molecule is CC(=O)c1cccc(N(CCC(=O)Nc2cc(C)on2)S(C)(=O)=O)c1. The maximum absolute atomic E-state index is 12.1. The van der Waals surface area contributed by atoms with Gasteiger partial charge in [0.2, 0.25) is 15.9 Å². The van der Waals surface area contributed by atoms with E-state index in [9.17, 15) is 18.0 Å². The van der Waals surface area contributed by atoms with Gasteiger partial charge in [-0.05, 0) is 26.0 Å². The summed E-state index contributed by atoms with van der Waals surface area (Å²) in [6.45, 7) is 3.02. The number of nitrogens with zero attached hydrogens (tertiary/aromatic N) is 2. The Morgan fingerprint density at radius 2 is 2.00 bits per heavy atom. The Bertz CT molecular complexity index is 889. The van der Waals surface area contributed by atoms with E-state index in [-0.39, 0.29) is 24.6 Å². The van der Waals surface area contributed by atoms with E-state index in [0.717, 1.165) is 10.6 Å². The Morgan fingerprint density at radius 1 is 1.28 bits per heavy atom. The van der Waals surface area contributed by atoms with Gasteiger partial charge in [-0.1, -0.05) is 17.3 Å². The fraction of sp³-hybridized carbons (Fsp3) is 0.312. The molecule has 1 heterocycles. The van der Waals surface area contributed by atoms with Gasteiger partial charge in [0.05, 0.1) is 11.9 Å². The zero-order valence-electron chi connectivity index (χ0n) is 14.1. The molecule has 1 aromatic heterocycles. The number of nitrogens with one attached hydrogen (secondary N) is 1. The van der Waals surface area contributed by atoms with Crippen molar-refractivity contribution in [2.75, 3.05) is 22.4 Å². The molecule has 2 rings (SSSR count). The normalized spacial score (nSPS) is 11.2. The number of sulfonamides is 1. The number of hydrogen-bond donors (Lipinski definition) is 1. The number of aromatic nitrogens is 1. The number of carbonyl (C=O) groups excluding carboxylic acids is 2. The molecule has 2 aromatic rings. The van der Waals surface area contributed by atoms with E-state index in [0.29, 0.717) is 17.0 Å². The van der Waals surface area contributed by atoms with Crippen LogP contribution in [-0.4, -0.2) is 38.1 Å². The summed E-state index contributed by atoms with van der Waals surface area (Å²) >= 11 is 0. The number of ketones is 1. The van der Waals surface area contributed by atoms with Gasteiger partial charge in [0.15, 0.2) is 11.6 Å². The highest BCUT2D eigenvalue weighted by Gasteiger charge is 2.19. The molecule has 1 aromatic carbocycles. The van der Waals surface area contributed by atoms with Crippen LogP contribution in [0.5, 0.6) is 0 Å². The van der Waals surface area contributed by atoms with Gasteiger partial charge < -0.3 is 9.84 Å². The monoisotopic (exact) mass is 365 g/mol. The van der Waals surface area contributed by atoms with E-state index in [1.807, 2.05) is 0 Å². The zero-order valence-corrected chi connectivity index (χ0v) is 15.0. The molecule has 134 valence electrons. The Hall–Kier alpha value is -2.68. The summed E-state index contributed by atoms with van der Waals surface area (Å²) in [6, 6.07) is 7.83. The minimum absolute atomic E-state index is 0.0666. The number of benzene rings is 1. The van der Waals surface area contributed by atoms with Crippen LogP contribution in [0, 0.1) is 6.92 Å². The van der Waals surface area contributed by atoms with Crippen molar-refractivity contribution in [3.63, 3.8) is 0 Å². The first-order chi connectivity index (χ1) is 11.7. The molecule has 8 nitrogen and oxygen atoms in total. The average molecular weight is 365 g/mol. The van der Waals surface area contributed by atoms with Crippen LogP contribution in [0.25, 0.3) is 0 Å². The van der Waals surface area contributed by atoms with Gasteiger partial charge in [0.1, 0.15) is 5.76 Å². The van der Waals surface area contributed by atoms with Gasteiger partial charge in [-0.2, -0.15) is 0 Å². The highest BCUT2D eigenvalue weighted by atomic mass is 32.2. The summed E-state index contributed by atoms with van der Waals surface area (Å²) in [5.41, 5.74) is 0.731. The Balaban J connectivity index is 2.12. The van der Waals surface area contributed by atoms with Crippen LogP contribution in [0.1, 0.15) is 29.5 Å². The fourth-order valence-electron chi connectivity index (χ4n) is 2.20. The Kier molecular flexibility index (Phi) is 5.58. The molecule has 0 aliphatic carbocycles. The third-order valence-corrected chi connectivity index (χ3v) is 4.57. The lowest BCUT2D eigenvalue weighted by atomic mass is 10.1. The number of anilines is 2. The standard InChI is InChI=1S/C16H19N3O5S/c1-11-9-15(18-24-11)17-16(21)7-8-19(25(3,22)23)14-6-4-5-13(10-14)12(2)20/h4-6,9-10H,7-8H2,1-3H3,(H,17,18,21). The van der Waals surface area contributed by atoms with E-state index in [1.54, 1.807) is 31.2 Å². The van der Waals surface area contributed by atoms with E-state index >= 15 is 0 Å². The molecule has 0 saturated heterocycles. The molecule has 25 heavy (non-hydrogen) atoms.